The molecule has 0 saturated carbocycles. The van der Waals surface area contributed by atoms with Crippen LogP contribution in [0.5, 0.6) is 5.75 Å². The third kappa shape index (κ3) is 5.84. The van der Waals surface area contributed by atoms with Crippen LogP contribution in [-0.4, -0.2) is 49.5 Å². The summed E-state index contributed by atoms with van der Waals surface area (Å²) in [5, 5.41) is 2.72. The molecule has 1 N–H and O–H groups in total. The summed E-state index contributed by atoms with van der Waals surface area (Å²) in [6.45, 7) is 3.26. The van der Waals surface area contributed by atoms with Crippen molar-refractivity contribution < 1.29 is 23.9 Å². The average Bonchev–Trinajstić information content (AvgIpc) is 2.68. The summed E-state index contributed by atoms with van der Waals surface area (Å²) in [4.78, 5) is 38.0. The Bertz CT molecular complexity index is 848. The minimum Gasteiger partial charge on any atom is -0.497 e. The molecule has 0 aliphatic heterocycles. The van der Waals surface area contributed by atoms with Crippen molar-refractivity contribution in [2.24, 2.45) is 0 Å². The topological polar surface area (TPSA) is 84.9 Å². The zero-order chi connectivity index (χ0) is 20.7. The van der Waals surface area contributed by atoms with E-state index in [4.69, 9.17) is 9.47 Å². The van der Waals surface area contributed by atoms with Crippen LogP contribution in [0.2, 0.25) is 0 Å². The van der Waals surface area contributed by atoms with E-state index in [9.17, 15) is 14.4 Å². The zero-order valence-electron chi connectivity index (χ0n) is 16.4. The van der Waals surface area contributed by atoms with Gasteiger partial charge < -0.3 is 19.7 Å². The SMILES string of the molecule is COc1cccc(C(=O)O[C@@H](C)C(=O)N(C)CC(=O)Nc2ccc(C)cc2)c1. The fourth-order valence-electron chi connectivity index (χ4n) is 2.47. The lowest BCUT2D eigenvalue weighted by molar-refractivity contribution is -0.140. The van der Waals surface area contributed by atoms with Gasteiger partial charge in [0.1, 0.15) is 5.75 Å². The van der Waals surface area contributed by atoms with E-state index < -0.39 is 18.0 Å². The molecule has 0 heterocycles. The highest BCUT2D eigenvalue weighted by Crippen LogP contribution is 2.14. The first kappa shape index (κ1) is 21.0. The molecule has 0 unspecified atom stereocenters. The maximum Gasteiger partial charge on any atom is 0.339 e. The monoisotopic (exact) mass is 384 g/mol. The number of rotatable bonds is 7. The van der Waals surface area contributed by atoms with Gasteiger partial charge in [0, 0.05) is 12.7 Å². The molecule has 2 aromatic carbocycles. The lowest BCUT2D eigenvalue weighted by Crippen LogP contribution is -2.41. The van der Waals surface area contributed by atoms with Crippen LogP contribution in [0.3, 0.4) is 0 Å². The molecular weight excluding hydrogens is 360 g/mol. The van der Waals surface area contributed by atoms with Gasteiger partial charge in [-0.1, -0.05) is 23.8 Å². The maximum atomic E-state index is 12.4. The fourth-order valence-corrected chi connectivity index (χ4v) is 2.47. The van der Waals surface area contributed by atoms with Gasteiger partial charge >= 0.3 is 5.97 Å². The number of hydrogen-bond acceptors (Lipinski definition) is 5. The van der Waals surface area contributed by atoms with Crippen molar-refractivity contribution >= 4 is 23.5 Å². The Hall–Kier alpha value is -3.35. The summed E-state index contributed by atoms with van der Waals surface area (Å²) in [7, 11) is 2.97. The molecule has 0 saturated heterocycles. The van der Waals surface area contributed by atoms with Gasteiger partial charge in [-0.3, -0.25) is 9.59 Å². The van der Waals surface area contributed by atoms with Gasteiger partial charge in [-0.05, 0) is 44.2 Å². The van der Waals surface area contributed by atoms with Crippen molar-refractivity contribution in [3.8, 4) is 5.75 Å². The summed E-state index contributed by atoms with van der Waals surface area (Å²) in [5.41, 5.74) is 2.00. The Morgan fingerprint density at radius 2 is 1.79 bits per heavy atom. The molecule has 7 heteroatoms. The Labute approximate surface area is 164 Å². The van der Waals surface area contributed by atoms with Gasteiger partial charge in [0.2, 0.25) is 5.91 Å². The predicted molar refractivity (Wildman–Crippen MR) is 105 cm³/mol. The predicted octanol–water partition coefficient (Wildman–Crippen LogP) is 2.65. The second-order valence-electron chi connectivity index (χ2n) is 6.39. The number of benzene rings is 2. The fraction of sp³-hybridized carbons (Fsp3) is 0.286. The molecule has 28 heavy (non-hydrogen) atoms. The van der Waals surface area contributed by atoms with E-state index in [0.29, 0.717) is 11.4 Å². The molecule has 0 fully saturated rings. The van der Waals surface area contributed by atoms with Crippen LogP contribution >= 0.6 is 0 Å². The standard InChI is InChI=1S/C21H24N2O5/c1-14-8-10-17(11-9-14)22-19(24)13-23(3)20(25)15(2)28-21(26)16-6-5-7-18(12-16)27-4/h5-12,15H,13H2,1-4H3,(H,22,24)/t15-/m0/s1. The van der Waals surface area contributed by atoms with Crippen molar-refractivity contribution in [3.63, 3.8) is 0 Å². The number of likely N-dealkylation sites (N-methyl/N-ethyl adjacent to an activating group) is 1. The molecule has 7 nitrogen and oxygen atoms in total. The second kappa shape index (κ2) is 9.55. The summed E-state index contributed by atoms with van der Waals surface area (Å²) >= 11 is 0. The Morgan fingerprint density at radius 1 is 1.11 bits per heavy atom. The number of anilines is 1. The molecular formula is C21H24N2O5. The lowest BCUT2D eigenvalue weighted by Gasteiger charge is -2.21. The molecule has 0 spiro atoms. The first-order valence-electron chi connectivity index (χ1n) is 8.76. The highest BCUT2D eigenvalue weighted by atomic mass is 16.5. The number of carbonyl (C=O) groups is 3. The zero-order valence-corrected chi connectivity index (χ0v) is 16.4. The van der Waals surface area contributed by atoms with Crippen molar-refractivity contribution in [3.05, 3.63) is 59.7 Å². The molecule has 0 aliphatic rings. The molecule has 0 bridgehead atoms. The van der Waals surface area contributed by atoms with Crippen LogP contribution in [0.4, 0.5) is 5.69 Å². The van der Waals surface area contributed by atoms with Gasteiger partial charge in [-0.15, -0.1) is 0 Å². The summed E-state index contributed by atoms with van der Waals surface area (Å²) in [6, 6.07) is 13.8. The summed E-state index contributed by atoms with van der Waals surface area (Å²) in [5.74, 6) is -0.947. The Morgan fingerprint density at radius 3 is 2.43 bits per heavy atom. The third-order valence-corrected chi connectivity index (χ3v) is 4.03. The van der Waals surface area contributed by atoms with Crippen molar-refractivity contribution in [1.29, 1.82) is 0 Å². The first-order chi connectivity index (χ1) is 13.3. The normalized spacial score (nSPS) is 11.3. The molecule has 1 atom stereocenters. The molecule has 0 aromatic heterocycles. The third-order valence-electron chi connectivity index (χ3n) is 4.03. The van der Waals surface area contributed by atoms with Gasteiger partial charge in [0.05, 0.1) is 19.2 Å². The minimum atomic E-state index is -1.03. The molecule has 148 valence electrons. The van der Waals surface area contributed by atoms with Gasteiger partial charge in [-0.25, -0.2) is 4.79 Å². The van der Waals surface area contributed by atoms with Crippen LogP contribution in [0.1, 0.15) is 22.8 Å². The van der Waals surface area contributed by atoms with Crippen molar-refractivity contribution in [1.82, 2.24) is 4.90 Å². The first-order valence-corrected chi connectivity index (χ1v) is 8.76. The van der Waals surface area contributed by atoms with Crippen molar-refractivity contribution in [2.75, 3.05) is 26.0 Å². The van der Waals surface area contributed by atoms with Crippen LogP contribution < -0.4 is 10.1 Å². The summed E-state index contributed by atoms with van der Waals surface area (Å²) in [6.07, 6.45) is -1.03. The molecule has 2 aromatic rings. The van der Waals surface area contributed by atoms with Crippen molar-refractivity contribution in [2.45, 2.75) is 20.0 Å². The van der Waals surface area contributed by atoms with E-state index in [1.54, 1.807) is 30.3 Å². The van der Waals surface area contributed by atoms with E-state index in [2.05, 4.69) is 5.32 Å². The van der Waals surface area contributed by atoms with Gasteiger partial charge in [-0.2, -0.15) is 0 Å². The molecule has 2 amide bonds. The number of amides is 2. The number of nitrogens with zero attached hydrogens (tertiary/aromatic N) is 1. The largest absolute Gasteiger partial charge is 0.497 e. The van der Waals surface area contributed by atoms with Gasteiger partial charge in [0.15, 0.2) is 6.10 Å². The van der Waals surface area contributed by atoms with Crippen LogP contribution in [0, 0.1) is 6.92 Å². The highest BCUT2D eigenvalue weighted by Gasteiger charge is 2.23. The number of ether oxygens (including phenoxy) is 2. The highest BCUT2D eigenvalue weighted by molar-refractivity contribution is 5.96. The number of methoxy groups -OCH3 is 1. The molecule has 0 radical (unpaired) electrons. The second-order valence-corrected chi connectivity index (χ2v) is 6.39. The number of carbonyl (C=O) groups excluding carboxylic acids is 3. The summed E-state index contributed by atoms with van der Waals surface area (Å²) < 4.78 is 10.3. The van der Waals surface area contributed by atoms with Crippen LogP contribution in [0.25, 0.3) is 0 Å². The lowest BCUT2D eigenvalue weighted by atomic mass is 10.2. The molecule has 0 aliphatic carbocycles. The van der Waals surface area contributed by atoms with Gasteiger partial charge in [0.25, 0.3) is 5.91 Å². The average molecular weight is 384 g/mol. The Kier molecular flexibility index (Phi) is 7.14. The minimum absolute atomic E-state index is 0.159. The van der Waals surface area contributed by atoms with E-state index in [-0.39, 0.29) is 18.0 Å². The maximum absolute atomic E-state index is 12.4. The van der Waals surface area contributed by atoms with Crippen LogP contribution in [-0.2, 0) is 14.3 Å². The number of esters is 1. The number of aryl methyl sites for hydroxylation is 1. The van der Waals surface area contributed by atoms with Crippen LogP contribution in [0.15, 0.2) is 48.5 Å². The number of nitrogens with one attached hydrogen (secondary N) is 1. The Balaban J connectivity index is 1.89. The number of hydrogen-bond donors (Lipinski definition) is 1. The quantitative estimate of drug-likeness (QED) is 0.742. The van der Waals surface area contributed by atoms with E-state index in [1.807, 2.05) is 19.1 Å². The molecule has 2 rings (SSSR count). The van der Waals surface area contributed by atoms with E-state index in [1.165, 1.54) is 32.0 Å². The smallest absolute Gasteiger partial charge is 0.339 e. The van der Waals surface area contributed by atoms with E-state index >= 15 is 0 Å². The van der Waals surface area contributed by atoms with E-state index in [0.717, 1.165) is 5.56 Å².